The molecule has 30 heavy (non-hydrogen) atoms. The zero-order valence-electron chi connectivity index (χ0n) is 17.8. The Morgan fingerprint density at radius 3 is 2.37 bits per heavy atom. The van der Waals surface area contributed by atoms with Gasteiger partial charge in [-0.15, -0.1) is 6.58 Å². The molecule has 1 heterocycles. The molecule has 3 rings (SSSR count). The molecule has 0 saturated carbocycles. The van der Waals surface area contributed by atoms with Crippen LogP contribution in [0.3, 0.4) is 0 Å². The second-order valence-corrected chi connectivity index (χ2v) is 12.1. The lowest BCUT2D eigenvalue weighted by Gasteiger charge is -2.23. The van der Waals surface area contributed by atoms with E-state index in [1.807, 2.05) is 45.9 Å². The van der Waals surface area contributed by atoms with E-state index < -0.39 is 25.8 Å². The fourth-order valence-corrected chi connectivity index (χ4v) is 5.40. The first-order valence-corrected chi connectivity index (χ1v) is 12.4. The molecule has 0 aliphatic rings. The smallest absolute Gasteiger partial charge is 0.242 e. The van der Waals surface area contributed by atoms with E-state index in [0.29, 0.717) is 11.9 Å². The van der Waals surface area contributed by atoms with Crippen molar-refractivity contribution >= 4 is 31.9 Å². The van der Waals surface area contributed by atoms with Gasteiger partial charge in [0, 0.05) is 17.6 Å². The number of hydrogen-bond acceptors (Lipinski definition) is 3. The molecule has 2 aromatic carbocycles. The minimum atomic E-state index is -3.78. The summed E-state index contributed by atoms with van der Waals surface area (Å²) < 4.78 is 43.6. The van der Waals surface area contributed by atoms with Gasteiger partial charge in [-0.3, -0.25) is 0 Å². The summed E-state index contributed by atoms with van der Waals surface area (Å²) in [6, 6.07) is 13.8. The lowest BCUT2D eigenvalue weighted by atomic mass is 10.0. The Bertz CT molecular complexity index is 1190. The van der Waals surface area contributed by atoms with Crippen molar-refractivity contribution in [3.63, 3.8) is 0 Å². The Morgan fingerprint density at radius 2 is 1.77 bits per heavy atom. The Morgan fingerprint density at radius 1 is 1.13 bits per heavy atom. The Kier molecular flexibility index (Phi) is 6.36. The first-order chi connectivity index (χ1) is 14.1. The maximum Gasteiger partial charge on any atom is 0.268 e. The van der Waals surface area contributed by atoms with Crippen LogP contribution >= 0.6 is 0 Å². The van der Waals surface area contributed by atoms with Crippen molar-refractivity contribution in [1.82, 2.24) is 8.69 Å². The first-order valence-electron chi connectivity index (χ1n) is 9.77. The van der Waals surface area contributed by atoms with Crippen LogP contribution in [-0.2, 0) is 21.0 Å². The highest BCUT2D eigenvalue weighted by Crippen LogP contribution is 2.32. The summed E-state index contributed by atoms with van der Waals surface area (Å²) in [5.74, 6) is 0. The second-order valence-electron chi connectivity index (χ2n) is 8.29. The SMILES string of the molecule is C=CC[C@H](N[S@](=O)C(C)(C)C)c1cn(S(=O)(=O)c2ccc(C)cc2)c2ccccc12. The third kappa shape index (κ3) is 4.43. The van der Waals surface area contributed by atoms with Crippen molar-refractivity contribution in [1.29, 1.82) is 0 Å². The molecule has 0 bridgehead atoms. The molecule has 0 aliphatic carbocycles. The van der Waals surface area contributed by atoms with Crippen LogP contribution in [0.2, 0.25) is 0 Å². The van der Waals surface area contributed by atoms with Gasteiger partial charge in [0.25, 0.3) is 10.0 Å². The third-order valence-electron chi connectivity index (χ3n) is 4.87. The highest BCUT2D eigenvalue weighted by atomic mass is 32.2. The van der Waals surface area contributed by atoms with Crippen LogP contribution in [-0.4, -0.2) is 21.3 Å². The lowest BCUT2D eigenvalue weighted by Crippen LogP contribution is -2.35. The molecule has 0 fully saturated rings. The molecule has 1 N–H and O–H groups in total. The van der Waals surface area contributed by atoms with E-state index in [2.05, 4.69) is 11.3 Å². The number of nitrogens with zero attached hydrogens (tertiary/aromatic N) is 1. The van der Waals surface area contributed by atoms with Crippen LogP contribution < -0.4 is 4.72 Å². The average molecular weight is 445 g/mol. The van der Waals surface area contributed by atoms with E-state index in [1.54, 1.807) is 42.6 Å². The first kappa shape index (κ1) is 22.5. The predicted octanol–water partition coefficient (Wildman–Crippen LogP) is 4.86. The van der Waals surface area contributed by atoms with Gasteiger partial charge in [0.15, 0.2) is 0 Å². The Hall–Kier alpha value is -2.22. The highest BCUT2D eigenvalue weighted by molar-refractivity contribution is 7.90. The van der Waals surface area contributed by atoms with Crippen LogP contribution in [0, 0.1) is 6.92 Å². The van der Waals surface area contributed by atoms with Gasteiger partial charge in [-0.05, 0) is 57.9 Å². The number of nitrogens with one attached hydrogen (secondary N) is 1. The molecule has 1 aromatic heterocycles. The van der Waals surface area contributed by atoms with Gasteiger partial charge in [0.05, 0.1) is 26.1 Å². The fraction of sp³-hybridized carbons (Fsp3) is 0.304. The molecule has 3 aromatic rings. The molecule has 0 unspecified atom stereocenters. The van der Waals surface area contributed by atoms with Gasteiger partial charge in [-0.2, -0.15) is 0 Å². The molecule has 7 heteroatoms. The summed E-state index contributed by atoms with van der Waals surface area (Å²) in [4.78, 5) is 0.229. The van der Waals surface area contributed by atoms with E-state index in [4.69, 9.17) is 0 Å². The lowest BCUT2D eigenvalue weighted by molar-refractivity contribution is 0.588. The van der Waals surface area contributed by atoms with Gasteiger partial charge >= 0.3 is 0 Å². The van der Waals surface area contributed by atoms with Crippen LogP contribution in [0.5, 0.6) is 0 Å². The molecule has 5 nitrogen and oxygen atoms in total. The number of fused-ring (bicyclic) bond motifs is 1. The number of benzene rings is 2. The van der Waals surface area contributed by atoms with Crippen LogP contribution in [0.15, 0.2) is 72.3 Å². The molecular weight excluding hydrogens is 416 g/mol. The predicted molar refractivity (Wildman–Crippen MR) is 124 cm³/mol. The van der Waals surface area contributed by atoms with Crippen molar-refractivity contribution in [3.05, 3.63) is 78.5 Å². The average Bonchev–Trinajstić information content (AvgIpc) is 3.07. The normalized spacial score (nSPS) is 14.5. The Labute approximate surface area is 181 Å². The fourth-order valence-electron chi connectivity index (χ4n) is 3.19. The second kappa shape index (κ2) is 8.49. The standard InChI is InChI=1S/C23H28N2O3S2/c1-6-9-21(24-29(26)23(3,4)5)20-16-25(22-11-8-7-10-19(20)22)30(27,28)18-14-12-17(2)13-15-18/h6-8,10-16,21,24H,1,9H2,2-5H3/t21-,29+/m0/s1. The van der Waals surface area contributed by atoms with Gasteiger partial charge in [0.1, 0.15) is 0 Å². The monoisotopic (exact) mass is 444 g/mol. The quantitative estimate of drug-likeness (QED) is 0.530. The van der Waals surface area contributed by atoms with E-state index in [9.17, 15) is 12.6 Å². The topological polar surface area (TPSA) is 68.2 Å². The molecule has 160 valence electrons. The van der Waals surface area contributed by atoms with E-state index >= 15 is 0 Å². The number of hydrogen-bond donors (Lipinski definition) is 1. The number of rotatable bonds is 7. The Balaban J connectivity index is 2.16. The van der Waals surface area contributed by atoms with Crippen molar-refractivity contribution in [2.75, 3.05) is 0 Å². The van der Waals surface area contributed by atoms with Crippen LogP contribution in [0.25, 0.3) is 10.9 Å². The summed E-state index contributed by atoms with van der Waals surface area (Å²) in [7, 11) is -5.10. The third-order valence-corrected chi connectivity index (χ3v) is 8.17. The van der Waals surface area contributed by atoms with Crippen molar-refractivity contribution in [3.8, 4) is 0 Å². The largest absolute Gasteiger partial charge is 0.268 e. The summed E-state index contributed by atoms with van der Waals surface area (Å²) >= 11 is 0. The highest BCUT2D eigenvalue weighted by Gasteiger charge is 2.27. The number of para-hydroxylation sites is 1. The van der Waals surface area contributed by atoms with Crippen LogP contribution in [0.4, 0.5) is 0 Å². The molecule has 0 amide bonds. The minimum Gasteiger partial charge on any atom is -0.242 e. The van der Waals surface area contributed by atoms with E-state index in [1.165, 1.54) is 3.97 Å². The summed E-state index contributed by atoms with van der Waals surface area (Å²) in [5.41, 5.74) is 2.36. The molecule has 0 aliphatic heterocycles. The maximum atomic E-state index is 13.4. The summed E-state index contributed by atoms with van der Waals surface area (Å²) in [6.45, 7) is 11.4. The zero-order chi connectivity index (χ0) is 22.1. The molecule has 0 spiro atoms. The minimum absolute atomic E-state index is 0.229. The summed E-state index contributed by atoms with van der Waals surface area (Å²) in [6.07, 6.45) is 3.90. The van der Waals surface area contributed by atoms with Gasteiger partial charge < -0.3 is 0 Å². The van der Waals surface area contributed by atoms with Crippen molar-refractivity contribution < 1.29 is 12.6 Å². The maximum absolute atomic E-state index is 13.4. The number of aromatic nitrogens is 1. The van der Waals surface area contributed by atoms with Gasteiger partial charge in [-0.25, -0.2) is 21.3 Å². The van der Waals surface area contributed by atoms with E-state index in [0.717, 1.165) is 16.5 Å². The van der Waals surface area contributed by atoms with Crippen LogP contribution in [0.1, 0.15) is 44.4 Å². The van der Waals surface area contributed by atoms with Gasteiger partial charge in [-0.1, -0.05) is 42.0 Å². The molecule has 2 atom stereocenters. The number of aryl methyl sites for hydroxylation is 1. The van der Waals surface area contributed by atoms with E-state index in [-0.39, 0.29) is 10.9 Å². The van der Waals surface area contributed by atoms with Gasteiger partial charge in [0.2, 0.25) is 0 Å². The van der Waals surface area contributed by atoms with Crippen molar-refractivity contribution in [2.24, 2.45) is 0 Å². The molecule has 0 radical (unpaired) electrons. The van der Waals surface area contributed by atoms with Crippen molar-refractivity contribution in [2.45, 2.75) is 49.8 Å². The zero-order valence-corrected chi connectivity index (χ0v) is 19.4. The molecule has 0 saturated heterocycles. The molecular formula is C23H28N2O3S2. The summed E-state index contributed by atoms with van der Waals surface area (Å²) in [5, 5.41) is 0.804.